The maximum atomic E-state index is 4.00. The molecule has 56 valence electrons. The summed E-state index contributed by atoms with van der Waals surface area (Å²) in [7, 11) is 0. The average Bonchev–Trinajstić information content (AvgIpc) is 2.64. The standard InChI is InChI=1S/C10H6N2/c1-2-7-4-9-6-11-12-10(9)5-8(7)3-1/h1-6H/p+1. The first-order chi connectivity index (χ1) is 5.93. The lowest BCUT2D eigenvalue weighted by molar-refractivity contribution is 1.18. The van der Waals surface area contributed by atoms with Gasteiger partial charge in [0, 0.05) is 5.56 Å². The van der Waals surface area contributed by atoms with Crippen LogP contribution in [0.25, 0.3) is 12.2 Å². The topological polar surface area (TPSA) is 24.7 Å². The quantitative estimate of drug-likeness (QED) is 0.523. The van der Waals surface area contributed by atoms with Crippen molar-refractivity contribution in [1.29, 1.82) is 0 Å². The Hall–Kier alpha value is -1.70. The van der Waals surface area contributed by atoms with Gasteiger partial charge in [-0.1, -0.05) is 18.2 Å². The monoisotopic (exact) mass is 155 g/mol. The molecule has 0 radical (unpaired) electrons. The Balaban J connectivity index is 0.000000653. The van der Waals surface area contributed by atoms with Crippen LogP contribution in [0.15, 0.2) is 28.4 Å². The minimum atomic E-state index is 0. The van der Waals surface area contributed by atoms with Gasteiger partial charge in [-0.3, -0.25) is 0 Å². The summed E-state index contributed by atoms with van der Waals surface area (Å²) >= 11 is 0. The molecule has 0 atom stereocenters. The molecule has 0 spiro atoms. The predicted octanol–water partition coefficient (Wildman–Crippen LogP) is 0.574. The Labute approximate surface area is 70.7 Å². The molecule has 0 saturated heterocycles. The molecular formula is C10H7N2+. The molecule has 2 nitrogen and oxygen atoms in total. The van der Waals surface area contributed by atoms with E-state index in [1.165, 1.54) is 10.8 Å². The molecule has 1 aliphatic heterocycles. The fourth-order valence-electron chi connectivity index (χ4n) is 1.53. The van der Waals surface area contributed by atoms with Gasteiger partial charge < -0.3 is 0 Å². The molecule has 0 N–H and O–H groups in total. The van der Waals surface area contributed by atoms with E-state index in [1.807, 2.05) is 0 Å². The Kier molecular flexibility index (Phi) is 0.939. The van der Waals surface area contributed by atoms with Crippen LogP contribution >= 0.6 is 0 Å². The number of benzene rings is 1. The molecule has 12 heavy (non-hydrogen) atoms. The summed E-state index contributed by atoms with van der Waals surface area (Å²) in [4.78, 5) is 0. The minimum Gasteiger partial charge on any atom is -0.158 e. The molecule has 1 heterocycles. The SMILES string of the molecule is C1=Cc2cc3c(cc2=C1)C=NN=3.[H+]. The molecule has 2 aliphatic rings. The first-order valence-corrected chi connectivity index (χ1v) is 3.87. The number of hydrogen-bond acceptors (Lipinski definition) is 2. The summed E-state index contributed by atoms with van der Waals surface area (Å²) in [5, 5.41) is 10.1. The van der Waals surface area contributed by atoms with Crippen molar-refractivity contribution >= 4 is 18.4 Å². The molecule has 2 heteroatoms. The molecule has 0 aromatic heterocycles. The molecule has 3 rings (SSSR count). The van der Waals surface area contributed by atoms with Crippen molar-refractivity contribution in [3.8, 4) is 0 Å². The molecule has 0 saturated carbocycles. The lowest BCUT2D eigenvalue weighted by atomic mass is 10.1. The number of hydrogen-bond donors (Lipinski definition) is 0. The lowest BCUT2D eigenvalue weighted by Crippen LogP contribution is -2.14. The van der Waals surface area contributed by atoms with Crippen molar-refractivity contribution in [2.24, 2.45) is 10.2 Å². The van der Waals surface area contributed by atoms with Crippen molar-refractivity contribution in [3.63, 3.8) is 0 Å². The highest BCUT2D eigenvalue weighted by atomic mass is 15.2. The number of fused-ring (bicyclic) bond motifs is 2. The van der Waals surface area contributed by atoms with Gasteiger partial charge in [0.05, 0.1) is 11.6 Å². The van der Waals surface area contributed by atoms with E-state index in [4.69, 9.17) is 0 Å². The summed E-state index contributed by atoms with van der Waals surface area (Å²) in [6.07, 6.45) is 8.03. The normalized spacial score (nSPS) is 15.3. The van der Waals surface area contributed by atoms with Gasteiger partial charge in [-0.25, -0.2) is 0 Å². The number of allylic oxidation sites excluding steroid dienone is 1. The maximum Gasteiger partial charge on any atom is 1.00 e. The predicted molar refractivity (Wildman–Crippen MR) is 49.4 cm³/mol. The molecule has 0 fully saturated rings. The highest BCUT2D eigenvalue weighted by Crippen LogP contribution is 2.02. The average molecular weight is 155 g/mol. The second-order valence-electron chi connectivity index (χ2n) is 2.91. The highest BCUT2D eigenvalue weighted by Gasteiger charge is 2.03. The van der Waals surface area contributed by atoms with Gasteiger partial charge in [0.2, 0.25) is 0 Å². The van der Waals surface area contributed by atoms with Gasteiger partial charge in [-0.15, -0.1) is 0 Å². The van der Waals surface area contributed by atoms with Crippen LogP contribution in [0.2, 0.25) is 0 Å². The fraction of sp³-hybridized carbons (Fsp3) is 0. The Morgan fingerprint density at radius 3 is 3.17 bits per heavy atom. The third-order valence-corrected chi connectivity index (χ3v) is 2.15. The number of nitrogens with zero attached hydrogens (tertiary/aromatic N) is 2. The minimum absolute atomic E-state index is 0. The molecule has 1 aromatic rings. The Bertz CT molecular complexity index is 477. The maximum absolute atomic E-state index is 4.00. The lowest BCUT2D eigenvalue weighted by Gasteiger charge is -1.91. The van der Waals surface area contributed by atoms with Gasteiger partial charge in [-0.2, -0.15) is 10.2 Å². The summed E-state index contributed by atoms with van der Waals surface area (Å²) in [5.41, 5.74) is 2.36. The van der Waals surface area contributed by atoms with Crippen molar-refractivity contribution in [3.05, 3.63) is 39.9 Å². The molecule has 1 aromatic carbocycles. The van der Waals surface area contributed by atoms with E-state index in [1.54, 1.807) is 6.21 Å². The van der Waals surface area contributed by atoms with Gasteiger partial charge >= 0.3 is 1.43 Å². The summed E-state index contributed by atoms with van der Waals surface area (Å²) in [6, 6.07) is 4.18. The van der Waals surface area contributed by atoms with E-state index in [-0.39, 0.29) is 1.43 Å². The molecular weight excluding hydrogens is 148 g/mol. The van der Waals surface area contributed by atoms with Crippen LogP contribution in [-0.2, 0) is 0 Å². The third kappa shape index (κ3) is 0.639. The van der Waals surface area contributed by atoms with Gasteiger partial charge in [0.1, 0.15) is 0 Å². The summed E-state index contributed by atoms with van der Waals surface area (Å²) in [5.74, 6) is 0. The van der Waals surface area contributed by atoms with E-state index in [2.05, 4.69) is 40.6 Å². The van der Waals surface area contributed by atoms with Crippen molar-refractivity contribution in [2.45, 2.75) is 0 Å². The fourth-order valence-corrected chi connectivity index (χ4v) is 1.53. The zero-order valence-corrected chi connectivity index (χ0v) is 6.36. The first-order valence-electron chi connectivity index (χ1n) is 3.87. The van der Waals surface area contributed by atoms with Gasteiger partial charge in [0.15, 0.2) is 0 Å². The van der Waals surface area contributed by atoms with Crippen LogP contribution in [0.3, 0.4) is 0 Å². The Morgan fingerprint density at radius 1 is 1.17 bits per heavy atom. The molecule has 0 bridgehead atoms. The molecule has 0 unspecified atom stereocenters. The van der Waals surface area contributed by atoms with Crippen LogP contribution in [0.1, 0.15) is 12.6 Å². The van der Waals surface area contributed by atoms with Crippen molar-refractivity contribution in [1.82, 2.24) is 0 Å². The van der Waals surface area contributed by atoms with Crippen molar-refractivity contribution < 1.29 is 1.43 Å². The summed E-state index contributed by atoms with van der Waals surface area (Å²) in [6.45, 7) is 0. The van der Waals surface area contributed by atoms with E-state index >= 15 is 0 Å². The summed E-state index contributed by atoms with van der Waals surface area (Å²) < 4.78 is 0. The van der Waals surface area contributed by atoms with Crippen LogP contribution in [0.4, 0.5) is 0 Å². The van der Waals surface area contributed by atoms with E-state index in [0.717, 1.165) is 10.9 Å². The van der Waals surface area contributed by atoms with E-state index in [0.29, 0.717) is 0 Å². The largest absolute Gasteiger partial charge is 1.00 e. The molecule has 1 aliphatic carbocycles. The first kappa shape index (κ1) is 5.89. The van der Waals surface area contributed by atoms with Crippen LogP contribution in [0.5, 0.6) is 0 Å². The zero-order chi connectivity index (χ0) is 7.97. The second-order valence-corrected chi connectivity index (χ2v) is 2.91. The second kappa shape index (κ2) is 1.91. The number of rotatable bonds is 0. The highest BCUT2D eigenvalue weighted by molar-refractivity contribution is 5.82. The van der Waals surface area contributed by atoms with Gasteiger partial charge in [-0.05, 0) is 22.9 Å². The Morgan fingerprint density at radius 2 is 2.17 bits per heavy atom. The van der Waals surface area contributed by atoms with E-state index in [9.17, 15) is 0 Å². The smallest absolute Gasteiger partial charge is 0.158 e. The van der Waals surface area contributed by atoms with Crippen LogP contribution in [-0.4, -0.2) is 6.21 Å². The van der Waals surface area contributed by atoms with Crippen molar-refractivity contribution in [2.75, 3.05) is 0 Å². The van der Waals surface area contributed by atoms with Crippen LogP contribution in [0, 0.1) is 0 Å². The van der Waals surface area contributed by atoms with Crippen LogP contribution < -0.4 is 10.6 Å². The van der Waals surface area contributed by atoms with E-state index < -0.39 is 0 Å². The van der Waals surface area contributed by atoms with Gasteiger partial charge in [0.25, 0.3) is 0 Å². The zero-order valence-electron chi connectivity index (χ0n) is 7.36. The molecule has 0 amide bonds. The third-order valence-electron chi connectivity index (χ3n) is 2.15.